The zero-order valence-corrected chi connectivity index (χ0v) is 10.00. The van der Waals surface area contributed by atoms with Crippen LogP contribution in [0.4, 0.5) is 0 Å². The monoisotopic (exact) mass is 223 g/mol. The van der Waals surface area contributed by atoms with E-state index in [1.165, 1.54) is 12.8 Å². The van der Waals surface area contributed by atoms with E-state index in [-0.39, 0.29) is 23.5 Å². The van der Waals surface area contributed by atoms with Crippen LogP contribution in [0.1, 0.15) is 45.4 Å². The van der Waals surface area contributed by atoms with Crippen LogP contribution in [0, 0.1) is 11.8 Å². The lowest BCUT2D eigenvalue weighted by atomic mass is 9.76. The fourth-order valence-electron chi connectivity index (χ4n) is 3.04. The summed E-state index contributed by atoms with van der Waals surface area (Å²) in [5.41, 5.74) is 0. The first-order valence-electron chi connectivity index (χ1n) is 6.52. The van der Waals surface area contributed by atoms with Crippen LogP contribution in [0.3, 0.4) is 0 Å². The number of nitrogens with one attached hydrogen (secondary N) is 1. The molecule has 0 amide bonds. The summed E-state index contributed by atoms with van der Waals surface area (Å²) in [6.45, 7) is 3.21. The van der Waals surface area contributed by atoms with Gasteiger partial charge in [0.05, 0.1) is 0 Å². The normalized spacial score (nSPS) is 36.4. The van der Waals surface area contributed by atoms with E-state index >= 15 is 0 Å². The van der Waals surface area contributed by atoms with E-state index in [1.54, 1.807) is 0 Å². The molecular weight excluding hydrogens is 202 g/mol. The second kappa shape index (κ2) is 5.09. The number of rotatable bonds is 2. The molecule has 2 fully saturated rings. The van der Waals surface area contributed by atoms with Gasteiger partial charge in [-0.2, -0.15) is 0 Å². The molecule has 1 saturated carbocycles. The molecule has 3 unspecified atom stereocenters. The second-order valence-electron chi connectivity index (χ2n) is 5.15. The maximum atomic E-state index is 11.8. The van der Waals surface area contributed by atoms with E-state index in [0.717, 1.165) is 31.7 Å². The standard InChI is InChI=1S/C13H21NO2/c1-2-9-6-7-14-11(8-9)10-4-3-5-12(15)13(10)16/h9-11,14H,2-8H2,1H3. The summed E-state index contributed by atoms with van der Waals surface area (Å²) in [6, 6.07) is 0.260. The molecule has 1 aliphatic heterocycles. The van der Waals surface area contributed by atoms with Gasteiger partial charge >= 0.3 is 0 Å². The first kappa shape index (κ1) is 11.8. The Morgan fingerprint density at radius 3 is 2.88 bits per heavy atom. The number of piperidine rings is 1. The van der Waals surface area contributed by atoms with E-state index in [9.17, 15) is 9.59 Å². The van der Waals surface area contributed by atoms with Crippen LogP contribution in [0.2, 0.25) is 0 Å². The highest BCUT2D eigenvalue weighted by atomic mass is 16.2. The summed E-state index contributed by atoms with van der Waals surface area (Å²) in [7, 11) is 0. The minimum Gasteiger partial charge on any atom is -0.313 e. The Hall–Kier alpha value is -0.700. The largest absolute Gasteiger partial charge is 0.313 e. The molecule has 1 N–H and O–H groups in total. The molecule has 3 nitrogen and oxygen atoms in total. The maximum Gasteiger partial charge on any atom is 0.202 e. The Balaban J connectivity index is 2.00. The van der Waals surface area contributed by atoms with E-state index in [4.69, 9.17) is 0 Å². The van der Waals surface area contributed by atoms with Crippen LogP contribution in [-0.4, -0.2) is 24.2 Å². The highest BCUT2D eigenvalue weighted by Gasteiger charge is 2.37. The van der Waals surface area contributed by atoms with Crippen LogP contribution >= 0.6 is 0 Å². The highest BCUT2D eigenvalue weighted by molar-refractivity contribution is 6.38. The van der Waals surface area contributed by atoms with Gasteiger partial charge < -0.3 is 5.32 Å². The van der Waals surface area contributed by atoms with Gasteiger partial charge in [-0.3, -0.25) is 9.59 Å². The van der Waals surface area contributed by atoms with Crippen LogP contribution in [0.15, 0.2) is 0 Å². The summed E-state index contributed by atoms with van der Waals surface area (Å²) in [5, 5.41) is 3.43. The lowest BCUT2D eigenvalue weighted by molar-refractivity contribution is -0.141. The van der Waals surface area contributed by atoms with Crippen LogP contribution in [-0.2, 0) is 9.59 Å². The fraction of sp³-hybridized carbons (Fsp3) is 0.846. The number of ketones is 2. The summed E-state index contributed by atoms with van der Waals surface area (Å²) < 4.78 is 0. The quantitative estimate of drug-likeness (QED) is 0.725. The molecule has 0 aromatic heterocycles. The molecule has 1 aliphatic carbocycles. The average molecular weight is 223 g/mol. The van der Waals surface area contributed by atoms with Gasteiger partial charge in [0.2, 0.25) is 5.78 Å². The van der Waals surface area contributed by atoms with Crippen molar-refractivity contribution in [1.82, 2.24) is 5.32 Å². The van der Waals surface area contributed by atoms with Crippen molar-refractivity contribution >= 4 is 11.6 Å². The third-order valence-electron chi connectivity index (χ3n) is 4.14. The summed E-state index contributed by atoms with van der Waals surface area (Å²) >= 11 is 0. The van der Waals surface area contributed by atoms with Gasteiger partial charge in [0.1, 0.15) is 0 Å². The number of hydrogen-bond donors (Lipinski definition) is 1. The van der Waals surface area contributed by atoms with Gasteiger partial charge in [-0.15, -0.1) is 0 Å². The van der Waals surface area contributed by atoms with E-state index in [0.29, 0.717) is 6.42 Å². The van der Waals surface area contributed by atoms with Crippen molar-refractivity contribution in [3.05, 3.63) is 0 Å². The van der Waals surface area contributed by atoms with Gasteiger partial charge in [0.15, 0.2) is 5.78 Å². The Morgan fingerprint density at radius 1 is 1.31 bits per heavy atom. The fourth-order valence-corrected chi connectivity index (χ4v) is 3.04. The van der Waals surface area contributed by atoms with Crippen molar-refractivity contribution in [1.29, 1.82) is 0 Å². The molecule has 2 rings (SSSR count). The molecule has 3 atom stereocenters. The molecule has 0 bridgehead atoms. The Kier molecular flexibility index (Phi) is 3.74. The molecule has 90 valence electrons. The zero-order valence-electron chi connectivity index (χ0n) is 10.00. The molecule has 16 heavy (non-hydrogen) atoms. The lowest BCUT2D eigenvalue weighted by Crippen LogP contribution is -2.48. The Bertz CT molecular complexity index is 288. The molecule has 1 saturated heterocycles. The topological polar surface area (TPSA) is 46.2 Å². The van der Waals surface area contributed by atoms with Gasteiger partial charge in [-0.05, 0) is 38.1 Å². The van der Waals surface area contributed by atoms with Crippen molar-refractivity contribution in [2.24, 2.45) is 11.8 Å². The predicted molar refractivity (Wildman–Crippen MR) is 62.2 cm³/mol. The molecule has 0 spiro atoms. The van der Waals surface area contributed by atoms with Gasteiger partial charge in [0.25, 0.3) is 0 Å². The van der Waals surface area contributed by atoms with E-state index < -0.39 is 0 Å². The third kappa shape index (κ3) is 2.34. The SMILES string of the molecule is CCC1CCNC(C2CCCC(=O)C2=O)C1. The van der Waals surface area contributed by atoms with Crippen molar-refractivity contribution < 1.29 is 9.59 Å². The number of hydrogen-bond acceptors (Lipinski definition) is 3. The first-order chi connectivity index (χ1) is 7.72. The third-order valence-corrected chi connectivity index (χ3v) is 4.14. The Morgan fingerprint density at radius 2 is 2.12 bits per heavy atom. The molecule has 3 heteroatoms. The van der Waals surface area contributed by atoms with Crippen molar-refractivity contribution in [2.45, 2.75) is 51.5 Å². The minimum atomic E-state index is -0.142. The first-order valence-corrected chi connectivity index (χ1v) is 6.52. The number of carbonyl (C=O) groups is 2. The van der Waals surface area contributed by atoms with Crippen LogP contribution in [0.5, 0.6) is 0 Å². The molecular formula is C13H21NO2. The van der Waals surface area contributed by atoms with E-state index in [2.05, 4.69) is 12.2 Å². The highest BCUT2D eigenvalue weighted by Crippen LogP contribution is 2.29. The van der Waals surface area contributed by atoms with Crippen LogP contribution in [0.25, 0.3) is 0 Å². The van der Waals surface area contributed by atoms with Crippen molar-refractivity contribution in [3.8, 4) is 0 Å². The average Bonchev–Trinajstić information content (AvgIpc) is 2.33. The van der Waals surface area contributed by atoms with Gasteiger partial charge in [-0.1, -0.05) is 13.3 Å². The maximum absolute atomic E-state index is 11.8. The molecule has 0 aromatic carbocycles. The summed E-state index contributed by atoms with van der Waals surface area (Å²) in [6.07, 6.45) is 5.73. The zero-order chi connectivity index (χ0) is 11.5. The number of Topliss-reactive ketones (excluding diaryl/α,β-unsaturated/α-hetero) is 2. The van der Waals surface area contributed by atoms with Crippen LogP contribution < -0.4 is 5.32 Å². The summed E-state index contributed by atoms with van der Waals surface area (Å²) in [5.74, 6) is 0.448. The molecule has 1 heterocycles. The minimum absolute atomic E-state index is 0.0319. The summed E-state index contributed by atoms with van der Waals surface area (Å²) in [4.78, 5) is 23.3. The second-order valence-corrected chi connectivity index (χ2v) is 5.15. The molecule has 0 radical (unpaired) electrons. The lowest BCUT2D eigenvalue weighted by Gasteiger charge is -2.35. The predicted octanol–water partition coefficient (Wildman–Crippen LogP) is 1.70. The van der Waals surface area contributed by atoms with E-state index in [1.807, 2.05) is 0 Å². The molecule has 2 aliphatic rings. The smallest absolute Gasteiger partial charge is 0.202 e. The molecule has 0 aromatic rings. The van der Waals surface area contributed by atoms with Crippen molar-refractivity contribution in [2.75, 3.05) is 6.54 Å². The number of carbonyl (C=O) groups excluding carboxylic acids is 2. The van der Waals surface area contributed by atoms with Gasteiger partial charge in [0, 0.05) is 18.4 Å². The van der Waals surface area contributed by atoms with Crippen molar-refractivity contribution in [3.63, 3.8) is 0 Å². The van der Waals surface area contributed by atoms with Gasteiger partial charge in [-0.25, -0.2) is 0 Å². The Labute approximate surface area is 97.0 Å².